The zero-order valence-electron chi connectivity index (χ0n) is 12.3. The molecule has 0 atom stereocenters. The standard InChI is InChI=1S/C16H11Cl3N2O3/c1-23-11-5-6-13-12(8-11)21-14(24-13)9-3-2-4-10(7-9)20-15(22)16(17,18)19/h2-8H,1H3,(H,20,22). The van der Waals surface area contributed by atoms with E-state index < -0.39 is 9.70 Å². The van der Waals surface area contributed by atoms with Gasteiger partial charge in [-0.2, -0.15) is 0 Å². The summed E-state index contributed by atoms with van der Waals surface area (Å²) >= 11 is 16.6. The van der Waals surface area contributed by atoms with E-state index in [1.807, 2.05) is 0 Å². The molecule has 0 radical (unpaired) electrons. The lowest BCUT2D eigenvalue weighted by Gasteiger charge is -2.11. The topological polar surface area (TPSA) is 64.4 Å². The Hall–Kier alpha value is -1.95. The first-order valence-corrected chi connectivity index (χ1v) is 7.93. The number of oxazole rings is 1. The molecule has 3 rings (SSSR count). The van der Waals surface area contributed by atoms with Crippen LogP contribution in [0.3, 0.4) is 0 Å². The van der Waals surface area contributed by atoms with E-state index in [4.69, 9.17) is 44.0 Å². The number of rotatable bonds is 3. The van der Waals surface area contributed by atoms with Crippen molar-refractivity contribution in [2.75, 3.05) is 12.4 Å². The van der Waals surface area contributed by atoms with Crippen molar-refractivity contribution in [3.8, 4) is 17.2 Å². The van der Waals surface area contributed by atoms with Crippen molar-refractivity contribution in [1.82, 2.24) is 4.98 Å². The lowest BCUT2D eigenvalue weighted by molar-refractivity contribution is -0.115. The predicted molar refractivity (Wildman–Crippen MR) is 94.9 cm³/mol. The summed E-state index contributed by atoms with van der Waals surface area (Å²) in [5.74, 6) is 0.348. The second kappa shape index (κ2) is 6.51. The Labute approximate surface area is 152 Å². The summed E-state index contributed by atoms with van der Waals surface area (Å²) in [6, 6.07) is 12.2. The predicted octanol–water partition coefficient (Wildman–Crippen LogP) is 4.81. The van der Waals surface area contributed by atoms with Crippen molar-refractivity contribution < 1.29 is 13.9 Å². The molecule has 0 bridgehead atoms. The molecule has 2 aromatic carbocycles. The highest BCUT2D eigenvalue weighted by molar-refractivity contribution is 6.76. The van der Waals surface area contributed by atoms with E-state index in [2.05, 4.69) is 10.3 Å². The van der Waals surface area contributed by atoms with Crippen LogP contribution in [0.5, 0.6) is 5.75 Å². The minimum absolute atomic E-state index is 0.406. The zero-order valence-corrected chi connectivity index (χ0v) is 14.6. The molecule has 5 nitrogen and oxygen atoms in total. The number of halogens is 3. The van der Waals surface area contributed by atoms with E-state index in [1.54, 1.807) is 49.6 Å². The fourth-order valence-electron chi connectivity index (χ4n) is 2.09. The molecule has 0 saturated carbocycles. The molecule has 0 fully saturated rings. The molecule has 0 aliphatic carbocycles. The van der Waals surface area contributed by atoms with Gasteiger partial charge in [0.05, 0.1) is 7.11 Å². The van der Waals surface area contributed by atoms with Crippen LogP contribution < -0.4 is 10.1 Å². The molecule has 24 heavy (non-hydrogen) atoms. The molecule has 8 heteroatoms. The number of nitrogens with one attached hydrogen (secondary N) is 1. The third-order valence-corrected chi connectivity index (χ3v) is 3.73. The van der Waals surface area contributed by atoms with Gasteiger partial charge in [0.25, 0.3) is 9.70 Å². The summed E-state index contributed by atoms with van der Waals surface area (Å²) in [4.78, 5) is 16.2. The van der Waals surface area contributed by atoms with Gasteiger partial charge >= 0.3 is 0 Å². The first-order valence-electron chi connectivity index (χ1n) is 6.80. The number of benzene rings is 2. The molecule has 0 aliphatic heterocycles. The monoisotopic (exact) mass is 384 g/mol. The van der Waals surface area contributed by atoms with Crippen LogP contribution in [-0.4, -0.2) is 21.8 Å². The second-order valence-corrected chi connectivity index (χ2v) is 7.17. The van der Waals surface area contributed by atoms with Crippen molar-refractivity contribution >= 4 is 57.5 Å². The maximum Gasteiger partial charge on any atom is 0.276 e. The SMILES string of the molecule is COc1ccc2oc(-c3cccc(NC(=O)C(Cl)(Cl)Cl)c3)nc2c1. The number of carbonyl (C=O) groups is 1. The molecule has 0 spiro atoms. The van der Waals surface area contributed by atoms with E-state index in [0.29, 0.717) is 34.0 Å². The van der Waals surface area contributed by atoms with E-state index in [9.17, 15) is 4.79 Å². The number of ether oxygens (including phenoxy) is 1. The van der Waals surface area contributed by atoms with Crippen LogP contribution >= 0.6 is 34.8 Å². The second-order valence-electron chi connectivity index (χ2n) is 4.89. The van der Waals surface area contributed by atoms with Crippen molar-refractivity contribution in [1.29, 1.82) is 0 Å². The highest BCUT2D eigenvalue weighted by Gasteiger charge is 2.30. The number of anilines is 1. The third-order valence-electron chi connectivity index (χ3n) is 3.22. The van der Waals surface area contributed by atoms with Gasteiger partial charge in [0, 0.05) is 17.3 Å². The molecule has 1 aromatic heterocycles. The average molecular weight is 386 g/mol. The fraction of sp³-hybridized carbons (Fsp3) is 0.125. The fourth-order valence-corrected chi connectivity index (χ4v) is 2.23. The van der Waals surface area contributed by atoms with E-state index >= 15 is 0 Å². The summed E-state index contributed by atoms with van der Waals surface area (Å²) in [5, 5.41) is 2.52. The maximum atomic E-state index is 11.7. The number of methoxy groups -OCH3 is 1. The summed E-state index contributed by atoms with van der Waals surface area (Å²) < 4.78 is 8.85. The van der Waals surface area contributed by atoms with Crippen molar-refractivity contribution in [3.05, 3.63) is 42.5 Å². The number of alkyl halides is 3. The minimum Gasteiger partial charge on any atom is -0.497 e. The Balaban J connectivity index is 1.92. The summed E-state index contributed by atoms with van der Waals surface area (Å²) in [6.07, 6.45) is 0. The number of fused-ring (bicyclic) bond motifs is 1. The quantitative estimate of drug-likeness (QED) is 0.657. The van der Waals surface area contributed by atoms with Crippen LogP contribution in [0.4, 0.5) is 5.69 Å². The first kappa shape index (κ1) is 16.9. The van der Waals surface area contributed by atoms with Gasteiger partial charge in [-0.3, -0.25) is 4.79 Å². The molecule has 3 aromatic rings. The number of amides is 1. The van der Waals surface area contributed by atoms with Gasteiger partial charge in [0.15, 0.2) is 5.58 Å². The van der Waals surface area contributed by atoms with Crippen LogP contribution in [0.15, 0.2) is 46.9 Å². The van der Waals surface area contributed by atoms with Gasteiger partial charge < -0.3 is 14.5 Å². The van der Waals surface area contributed by atoms with Gasteiger partial charge in [0.2, 0.25) is 5.89 Å². The number of hydrogen-bond donors (Lipinski definition) is 1. The Kier molecular flexibility index (Phi) is 4.58. The van der Waals surface area contributed by atoms with Crippen LogP contribution in [-0.2, 0) is 4.79 Å². The van der Waals surface area contributed by atoms with Gasteiger partial charge in [0.1, 0.15) is 11.3 Å². The molecule has 0 unspecified atom stereocenters. The Morgan fingerprint density at radius 1 is 1.21 bits per heavy atom. The van der Waals surface area contributed by atoms with Gasteiger partial charge in [-0.25, -0.2) is 4.98 Å². The third kappa shape index (κ3) is 3.59. The number of hydrogen-bond acceptors (Lipinski definition) is 4. The molecule has 124 valence electrons. The van der Waals surface area contributed by atoms with E-state index in [-0.39, 0.29) is 0 Å². The summed E-state index contributed by atoms with van der Waals surface area (Å²) in [6.45, 7) is 0. The first-order chi connectivity index (χ1) is 11.4. The molecule has 1 heterocycles. The molecule has 1 amide bonds. The maximum absolute atomic E-state index is 11.7. The van der Waals surface area contributed by atoms with E-state index in [0.717, 1.165) is 0 Å². The largest absolute Gasteiger partial charge is 0.497 e. The highest BCUT2D eigenvalue weighted by atomic mass is 35.6. The smallest absolute Gasteiger partial charge is 0.276 e. The Bertz CT molecular complexity index is 903. The normalized spacial score (nSPS) is 11.5. The van der Waals surface area contributed by atoms with Crippen molar-refractivity contribution in [2.24, 2.45) is 0 Å². The summed E-state index contributed by atoms with van der Waals surface area (Å²) in [7, 11) is 1.58. The zero-order chi connectivity index (χ0) is 17.3. The average Bonchev–Trinajstić information content (AvgIpc) is 2.97. The number of carbonyl (C=O) groups excluding carboxylic acids is 1. The summed E-state index contributed by atoms with van der Waals surface area (Å²) in [5.41, 5.74) is 2.43. The Morgan fingerprint density at radius 2 is 2.00 bits per heavy atom. The number of aromatic nitrogens is 1. The molecular weight excluding hydrogens is 375 g/mol. The van der Waals surface area contributed by atoms with Gasteiger partial charge in [-0.05, 0) is 30.3 Å². The Morgan fingerprint density at radius 3 is 2.71 bits per heavy atom. The van der Waals surface area contributed by atoms with Crippen LogP contribution in [0, 0.1) is 0 Å². The molecule has 1 N–H and O–H groups in total. The highest BCUT2D eigenvalue weighted by Crippen LogP contribution is 2.30. The van der Waals surface area contributed by atoms with Crippen molar-refractivity contribution in [3.63, 3.8) is 0 Å². The van der Waals surface area contributed by atoms with Crippen molar-refractivity contribution in [2.45, 2.75) is 3.79 Å². The van der Waals surface area contributed by atoms with Gasteiger partial charge in [-0.1, -0.05) is 40.9 Å². The molecule has 0 saturated heterocycles. The minimum atomic E-state index is -2.04. The van der Waals surface area contributed by atoms with Gasteiger partial charge in [-0.15, -0.1) is 0 Å². The lowest BCUT2D eigenvalue weighted by atomic mass is 10.2. The van der Waals surface area contributed by atoms with Crippen LogP contribution in [0.25, 0.3) is 22.6 Å². The van der Waals surface area contributed by atoms with E-state index in [1.165, 1.54) is 0 Å². The van der Waals surface area contributed by atoms with Crippen LogP contribution in [0.2, 0.25) is 0 Å². The lowest BCUT2D eigenvalue weighted by Crippen LogP contribution is -2.26. The molecular formula is C16H11Cl3N2O3. The molecule has 0 aliphatic rings. The van der Waals surface area contributed by atoms with Crippen LogP contribution in [0.1, 0.15) is 0 Å². The number of nitrogens with zero attached hydrogens (tertiary/aromatic N) is 1.